The molecule has 0 radical (unpaired) electrons. The van der Waals surface area contributed by atoms with Gasteiger partial charge in [-0.2, -0.15) is 5.26 Å². The zero-order valence-corrected chi connectivity index (χ0v) is 16.3. The van der Waals surface area contributed by atoms with Crippen molar-refractivity contribution >= 4 is 0 Å². The van der Waals surface area contributed by atoms with E-state index >= 15 is 0 Å². The second-order valence-electron chi connectivity index (χ2n) is 7.38. The van der Waals surface area contributed by atoms with E-state index in [2.05, 4.69) is 19.9 Å². The van der Waals surface area contributed by atoms with Gasteiger partial charge in [-0.05, 0) is 12.3 Å². The molecule has 0 bridgehead atoms. The van der Waals surface area contributed by atoms with Gasteiger partial charge in [0.15, 0.2) is 0 Å². The Morgan fingerprint density at radius 2 is 0.957 bits per heavy atom. The summed E-state index contributed by atoms with van der Waals surface area (Å²) in [5.41, 5.74) is 0. The van der Waals surface area contributed by atoms with Crippen molar-refractivity contribution < 1.29 is 0 Å². The molecule has 0 aliphatic heterocycles. The molecule has 0 amide bonds. The number of hydrogen-bond acceptors (Lipinski definition) is 1. The highest BCUT2D eigenvalue weighted by Gasteiger charge is 2.08. The van der Waals surface area contributed by atoms with Crippen molar-refractivity contribution in [2.24, 2.45) is 5.92 Å². The largest absolute Gasteiger partial charge is 0.198 e. The normalized spacial score (nSPS) is 11.0. The molecule has 0 saturated heterocycles. The van der Waals surface area contributed by atoms with Gasteiger partial charge in [0.2, 0.25) is 0 Å². The summed E-state index contributed by atoms with van der Waals surface area (Å²) < 4.78 is 0. The first-order valence-electron chi connectivity index (χ1n) is 10.7. The summed E-state index contributed by atoms with van der Waals surface area (Å²) in [6.07, 6.45) is 24.3. The highest BCUT2D eigenvalue weighted by molar-refractivity contribution is 4.72. The van der Waals surface area contributed by atoms with Crippen LogP contribution in [-0.4, -0.2) is 0 Å². The predicted octanol–water partition coefficient (Wildman–Crippen LogP) is 8.19. The van der Waals surface area contributed by atoms with Crippen LogP contribution in [0.15, 0.2) is 0 Å². The first-order valence-corrected chi connectivity index (χ1v) is 10.7. The van der Waals surface area contributed by atoms with Crippen LogP contribution in [0.5, 0.6) is 0 Å². The molecule has 0 spiro atoms. The van der Waals surface area contributed by atoms with Crippen LogP contribution >= 0.6 is 0 Å². The molecule has 0 aromatic rings. The Labute approximate surface area is 147 Å². The van der Waals surface area contributed by atoms with Crippen molar-refractivity contribution in [1.82, 2.24) is 0 Å². The Hall–Kier alpha value is -0.510. The SMILES string of the molecule is CCCCCCCCCC(CCC#N)CCCCCCCCC. The molecule has 0 aromatic heterocycles. The van der Waals surface area contributed by atoms with Gasteiger partial charge in [0.1, 0.15) is 0 Å². The second kappa shape index (κ2) is 19.5. The highest BCUT2D eigenvalue weighted by atomic mass is 14.2. The van der Waals surface area contributed by atoms with Gasteiger partial charge in [-0.15, -0.1) is 0 Å². The zero-order valence-electron chi connectivity index (χ0n) is 16.3. The Kier molecular flexibility index (Phi) is 19.1. The third-order valence-corrected chi connectivity index (χ3v) is 5.10. The lowest BCUT2D eigenvalue weighted by Crippen LogP contribution is -2.01. The topological polar surface area (TPSA) is 23.8 Å². The number of nitriles is 1. The standard InChI is InChI=1S/C22H43N/c1-3-5-7-9-11-13-15-18-22(20-17-21-23)19-16-14-12-10-8-6-4-2/h22H,3-20H2,1-2H3. The van der Waals surface area contributed by atoms with E-state index in [1.807, 2.05) is 0 Å². The lowest BCUT2D eigenvalue weighted by Gasteiger charge is -2.15. The van der Waals surface area contributed by atoms with Gasteiger partial charge < -0.3 is 0 Å². The maximum absolute atomic E-state index is 8.85. The number of unbranched alkanes of at least 4 members (excludes halogenated alkanes) is 12. The molecule has 0 aliphatic rings. The number of nitrogens with zero attached hydrogens (tertiary/aromatic N) is 1. The van der Waals surface area contributed by atoms with Gasteiger partial charge >= 0.3 is 0 Å². The monoisotopic (exact) mass is 321 g/mol. The van der Waals surface area contributed by atoms with Crippen LogP contribution in [0.1, 0.15) is 129 Å². The van der Waals surface area contributed by atoms with E-state index in [1.54, 1.807) is 0 Å². The maximum Gasteiger partial charge on any atom is 0.0621 e. The molecular formula is C22H43N. The summed E-state index contributed by atoms with van der Waals surface area (Å²) >= 11 is 0. The molecule has 1 nitrogen and oxygen atoms in total. The van der Waals surface area contributed by atoms with Gasteiger partial charge in [0.25, 0.3) is 0 Å². The lowest BCUT2D eigenvalue weighted by atomic mass is 9.90. The molecule has 136 valence electrons. The number of hydrogen-bond donors (Lipinski definition) is 0. The summed E-state index contributed by atoms with van der Waals surface area (Å²) in [5.74, 6) is 0.820. The smallest absolute Gasteiger partial charge is 0.0621 e. The van der Waals surface area contributed by atoms with Crippen LogP contribution in [-0.2, 0) is 0 Å². The molecule has 0 unspecified atom stereocenters. The highest BCUT2D eigenvalue weighted by Crippen LogP contribution is 2.23. The van der Waals surface area contributed by atoms with Crippen molar-refractivity contribution in [3.63, 3.8) is 0 Å². The van der Waals surface area contributed by atoms with Crippen LogP contribution in [0.4, 0.5) is 0 Å². The molecule has 0 fully saturated rings. The van der Waals surface area contributed by atoms with Crippen LogP contribution in [0.2, 0.25) is 0 Å². The lowest BCUT2D eigenvalue weighted by molar-refractivity contribution is 0.383. The van der Waals surface area contributed by atoms with E-state index in [-0.39, 0.29) is 0 Å². The van der Waals surface area contributed by atoms with Crippen molar-refractivity contribution in [3.05, 3.63) is 0 Å². The molecule has 1 heteroatoms. The van der Waals surface area contributed by atoms with Gasteiger partial charge in [0, 0.05) is 6.42 Å². The first-order chi connectivity index (χ1) is 11.3. The van der Waals surface area contributed by atoms with Crippen LogP contribution in [0, 0.1) is 17.2 Å². The first kappa shape index (κ1) is 22.5. The molecule has 0 aromatic carbocycles. The van der Waals surface area contributed by atoms with Crippen LogP contribution in [0.25, 0.3) is 0 Å². The minimum absolute atomic E-state index is 0.762. The average Bonchev–Trinajstić information content (AvgIpc) is 2.57. The predicted molar refractivity (Wildman–Crippen MR) is 104 cm³/mol. The summed E-state index contributed by atoms with van der Waals surface area (Å²) in [7, 11) is 0. The van der Waals surface area contributed by atoms with Crippen molar-refractivity contribution in [1.29, 1.82) is 5.26 Å². The van der Waals surface area contributed by atoms with Crippen LogP contribution < -0.4 is 0 Å². The Morgan fingerprint density at radius 1 is 0.565 bits per heavy atom. The minimum atomic E-state index is 0.762. The van der Waals surface area contributed by atoms with E-state index in [1.165, 1.54) is 103 Å². The molecule has 0 N–H and O–H groups in total. The van der Waals surface area contributed by atoms with E-state index in [0.717, 1.165) is 18.8 Å². The van der Waals surface area contributed by atoms with E-state index in [9.17, 15) is 0 Å². The summed E-state index contributed by atoms with van der Waals surface area (Å²) in [6.45, 7) is 4.56. The van der Waals surface area contributed by atoms with E-state index < -0.39 is 0 Å². The second-order valence-corrected chi connectivity index (χ2v) is 7.38. The number of rotatable bonds is 18. The molecule has 0 rings (SSSR count). The minimum Gasteiger partial charge on any atom is -0.198 e. The molecule has 23 heavy (non-hydrogen) atoms. The van der Waals surface area contributed by atoms with E-state index in [4.69, 9.17) is 5.26 Å². The fourth-order valence-electron chi connectivity index (χ4n) is 3.48. The van der Waals surface area contributed by atoms with Gasteiger partial charge in [0.05, 0.1) is 6.07 Å². The maximum atomic E-state index is 8.85. The van der Waals surface area contributed by atoms with Gasteiger partial charge in [-0.25, -0.2) is 0 Å². The fraction of sp³-hybridized carbons (Fsp3) is 0.955. The third kappa shape index (κ3) is 17.7. The molecular weight excluding hydrogens is 278 g/mol. The molecule has 0 aliphatic carbocycles. The van der Waals surface area contributed by atoms with E-state index in [0.29, 0.717) is 0 Å². The van der Waals surface area contributed by atoms with Gasteiger partial charge in [-0.1, -0.05) is 117 Å². The van der Waals surface area contributed by atoms with Crippen molar-refractivity contribution in [2.75, 3.05) is 0 Å². The quantitative estimate of drug-likeness (QED) is 0.233. The molecule has 0 saturated carbocycles. The molecule has 0 atom stereocenters. The fourth-order valence-corrected chi connectivity index (χ4v) is 3.48. The van der Waals surface area contributed by atoms with Crippen molar-refractivity contribution in [3.8, 4) is 6.07 Å². The third-order valence-electron chi connectivity index (χ3n) is 5.10. The zero-order chi connectivity index (χ0) is 17.0. The summed E-state index contributed by atoms with van der Waals surface area (Å²) in [4.78, 5) is 0. The Bertz CT molecular complexity index is 235. The van der Waals surface area contributed by atoms with Crippen molar-refractivity contribution in [2.45, 2.75) is 129 Å². The Balaban J connectivity index is 3.58. The Morgan fingerprint density at radius 3 is 1.35 bits per heavy atom. The average molecular weight is 322 g/mol. The summed E-state index contributed by atoms with van der Waals surface area (Å²) in [6, 6.07) is 2.35. The summed E-state index contributed by atoms with van der Waals surface area (Å²) in [5, 5.41) is 8.85. The van der Waals surface area contributed by atoms with Crippen LogP contribution in [0.3, 0.4) is 0 Å². The van der Waals surface area contributed by atoms with Gasteiger partial charge in [-0.3, -0.25) is 0 Å². The molecule has 0 heterocycles.